The van der Waals surface area contributed by atoms with Gasteiger partial charge in [-0.15, -0.1) is 0 Å². The minimum absolute atomic E-state index is 0.0246. The molecule has 0 aromatic carbocycles. The summed E-state index contributed by atoms with van der Waals surface area (Å²) in [7, 11) is 0. The van der Waals surface area contributed by atoms with E-state index in [9.17, 15) is 9.59 Å². The molecule has 1 unspecified atom stereocenters. The molecule has 3 atom stereocenters. The van der Waals surface area contributed by atoms with Gasteiger partial charge in [0.2, 0.25) is 5.95 Å². The first kappa shape index (κ1) is 35.4. The molecule has 0 amide bonds. The minimum atomic E-state index is -0.675. The van der Waals surface area contributed by atoms with E-state index in [2.05, 4.69) is 21.9 Å². The monoisotopic (exact) mass is 588 g/mol. The average molecular weight is 589 g/mol. The first-order valence-electron chi connectivity index (χ1n) is 16.4. The zero-order chi connectivity index (χ0) is 30.6. The lowest BCUT2D eigenvalue weighted by molar-refractivity contribution is -0.151. The Morgan fingerprint density at radius 2 is 1.48 bits per heavy atom. The van der Waals surface area contributed by atoms with Crippen molar-refractivity contribution in [1.29, 1.82) is 0 Å². The summed E-state index contributed by atoms with van der Waals surface area (Å²) < 4.78 is 13.0. The molecular weight excluding hydrogens is 532 g/mol. The van der Waals surface area contributed by atoms with Crippen LogP contribution < -0.4 is 11.5 Å². The maximum absolute atomic E-state index is 12.5. The molecule has 0 saturated heterocycles. The van der Waals surface area contributed by atoms with E-state index in [-0.39, 0.29) is 37.0 Å². The molecule has 0 bridgehead atoms. The van der Waals surface area contributed by atoms with Crippen LogP contribution in [-0.2, 0) is 25.6 Å². The van der Waals surface area contributed by atoms with Gasteiger partial charge in [-0.1, -0.05) is 104 Å². The molecule has 0 aliphatic rings. The fraction of sp³-hybridized carbons (Fsp3) is 0.781. The quantitative estimate of drug-likeness (QED) is 0.106. The topological polar surface area (TPSA) is 148 Å². The normalized spacial score (nSPS) is 13.6. The van der Waals surface area contributed by atoms with Crippen LogP contribution in [0.4, 0.5) is 5.95 Å². The van der Waals surface area contributed by atoms with E-state index in [4.69, 9.17) is 20.9 Å². The van der Waals surface area contributed by atoms with Crippen LogP contribution in [0.25, 0.3) is 11.2 Å². The summed E-state index contributed by atoms with van der Waals surface area (Å²) in [4.78, 5) is 37.5. The van der Waals surface area contributed by atoms with Gasteiger partial charge in [0, 0.05) is 18.9 Å². The van der Waals surface area contributed by atoms with E-state index in [1.807, 2.05) is 18.4 Å². The number of unbranched alkanes of at least 4 members (excludes halogenated alkanes) is 12. The molecule has 0 aliphatic heterocycles. The molecule has 238 valence electrons. The van der Waals surface area contributed by atoms with Crippen molar-refractivity contribution < 1.29 is 19.1 Å². The van der Waals surface area contributed by atoms with E-state index >= 15 is 0 Å². The van der Waals surface area contributed by atoms with Crippen LogP contribution >= 0.6 is 0 Å². The molecule has 0 spiro atoms. The largest absolute Gasteiger partial charge is 0.465 e. The first-order chi connectivity index (χ1) is 20.3. The first-order valence-corrected chi connectivity index (χ1v) is 16.4. The lowest BCUT2D eigenvalue weighted by Gasteiger charge is -2.21. The van der Waals surface area contributed by atoms with Crippen LogP contribution in [0.15, 0.2) is 12.5 Å². The second-order valence-electron chi connectivity index (χ2n) is 11.7. The highest BCUT2D eigenvalue weighted by molar-refractivity contribution is 5.75. The maximum atomic E-state index is 12.5. The van der Waals surface area contributed by atoms with Crippen molar-refractivity contribution in [3.05, 3.63) is 12.5 Å². The average Bonchev–Trinajstić information content (AvgIpc) is 3.39. The van der Waals surface area contributed by atoms with Crippen molar-refractivity contribution in [2.75, 3.05) is 18.9 Å². The molecule has 0 aliphatic carbocycles. The van der Waals surface area contributed by atoms with Gasteiger partial charge in [0.15, 0.2) is 5.65 Å². The maximum Gasteiger partial charge on any atom is 0.323 e. The van der Waals surface area contributed by atoms with Gasteiger partial charge in [0.05, 0.1) is 25.7 Å². The number of imidazole rings is 1. The van der Waals surface area contributed by atoms with Crippen LogP contribution in [0.2, 0.25) is 0 Å². The number of aromatic nitrogens is 4. The molecule has 2 heterocycles. The van der Waals surface area contributed by atoms with Crippen LogP contribution in [0.5, 0.6) is 0 Å². The summed E-state index contributed by atoms with van der Waals surface area (Å²) in [5, 5.41) is 0. The van der Waals surface area contributed by atoms with Gasteiger partial charge in [-0.3, -0.25) is 9.59 Å². The number of nitrogens with zero attached hydrogens (tertiary/aromatic N) is 4. The Morgan fingerprint density at radius 3 is 2.10 bits per heavy atom. The van der Waals surface area contributed by atoms with Crippen LogP contribution in [0.3, 0.4) is 0 Å². The molecular formula is C32H56N6O4. The third-order valence-electron chi connectivity index (χ3n) is 8.11. The molecule has 0 radical (unpaired) electrons. The Hall–Kier alpha value is -2.75. The van der Waals surface area contributed by atoms with Crippen molar-refractivity contribution in [2.24, 2.45) is 17.6 Å². The van der Waals surface area contributed by atoms with Gasteiger partial charge < -0.3 is 25.5 Å². The fourth-order valence-electron chi connectivity index (χ4n) is 4.92. The zero-order valence-electron chi connectivity index (χ0n) is 26.4. The second-order valence-corrected chi connectivity index (χ2v) is 11.7. The Bertz CT molecular complexity index is 1030. The SMILES string of the molecule is CCCCCCCCCCCCCCCC(=O)OCC(CCn1cnc2cnc(N)nc21)COC(=O)[C@@H](N)[C@@H](C)CC. The number of carbonyl (C=O) groups excluding carboxylic acids is 2. The minimum Gasteiger partial charge on any atom is -0.465 e. The highest BCUT2D eigenvalue weighted by Gasteiger charge is 2.23. The predicted octanol–water partition coefficient (Wildman–Crippen LogP) is 6.36. The number of carbonyl (C=O) groups is 2. The standard InChI is InChI=1S/C32H56N6O4/c1-4-6-7-8-9-10-11-12-13-14-15-16-17-18-28(39)41-22-26(23-42-31(40)29(33)25(3)5-2)19-20-38-24-36-27-21-35-32(34)37-30(27)38/h21,24-26,29H,4-20,22-23,33H2,1-3H3,(H2,34,35,37)/t25-,26?,29-/m0/s1. The number of rotatable bonds is 24. The van der Waals surface area contributed by atoms with Gasteiger partial charge in [-0.05, 0) is 18.8 Å². The molecule has 2 rings (SSSR count). The number of esters is 2. The van der Waals surface area contributed by atoms with E-state index in [0.717, 1.165) is 25.7 Å². The molecule has 2 aromatic heterocycles. The van der Waals surface area contributed by atoms with Gasteiger partial charge in [0.25, 0.3) is 0 Å². The van der Waals surface area contributed by atoms with Crippen molar-refractivity contribution >= 4 is 29.1 Å². The van der Waals surface area contributed by atoms with Crippen LogP contribution in [0.1, 0.15) is 124 Å². The van der Waals surface area contributed by atoms with Crippen molar-refractivity contribution in [3.8, 4) is 0 Å². The molecule has 42 heavy (non-hydrogen) atoms. The van der Waals surface area contributed by atoms with E-state index in [0.29, 0.717) is 30.6 Å². The number of nitrogen functional groups attached to an aromatic ring is 1. The fourth-order valence-corrected chi connectivity index (χ4v) is 4.92. The Kier molecular flexibility index (Phi) is 17.7. The van der Waals surface area contributed by atoms with Gasteiger partial charge in [-0.2, -0.15) is 4.98 Å². The summed E-state index contributed by atoms with van der Waals surface area (Å²) in [6, 6.07) is -0.675. The molecule has 10 heteroatoms. The number of anilines is 1. The summed E-state index contributed by atoms with van der Waals surface area (Å²) in [6.45, 7) is 7.02. The lowest BCUT2D eigenvalue weighted by atomic mass is 10.0. The number of aryl methyl sites for hydroxylation is 1. The molecule has 2 aromatic rings. The molecule has 0 saturated carbocycles. The van der Waals surface area contributed by atoms with Crippen LogP contribution in [-0.4, -0.2) is 50.7 Å². The summed E-state index contributed by atoms with van der Waals surface area (Å²) in [6.07, 6.45) is 21.4. The van der Waals surface area contributed by atoms with E-state index in [1.165, 1.54) is 64.2 Å². The summed E-state index contributed by atoms with van der Waals surface area (Å²) >= 11 is 0. The highest BCUT2D eigenvalue weighted by Crippen LogP contribution is 2.16. The smallest absolute Gasteiger partial charge is 0.323 e. The van der Waals surface area contributed by atoms with E-state index in [1.54, 1.807) is 12.5 Å². The van der Waals surface area contributed by atoms with Gasteiger partial charge in [-0.25, -0.2) is 9.97 Å². The number of nitrogens with two attached hydrogens (primary N) is 2. The van der Waals surface area contributed by atoms with Crippen LogP contribution in [0, 0.1) is 11.8 Å². The second kappa shape index (κ2) is 21.0. The molecule has 10 nitrogen and oxygen atoms in total. The van der Waals surface area contributed by atoms with Gasteiger partial charge >= 0.3 is 11.9 Å². The Labute approximate surface area is 252 Å². The highest BCUT2D eigenvalue weighted by atomic mass is 16.5. The number of ether oxygens (including phenoxy) is 2. The van der Waals surface area contributed by atoms with Crippen molar-refractivity contribution in [1.82, 2.24) is 19.5 Å². The summed E-state index contributed by atoms with van der Waals surface area (Å²) in [5.41, 5.74) is 13.1. The van der Waals surface area contributed by atoms with Gasteiger partial charge in [0.1, 0.15) is 11.6 Å². The lowest BCUT2D eigenvalue weighted by Crippen LogP contribution is -2.39. The summed E-state index contributed by atoms with van der Waals surface area (Å²) in [5.74, 6) is -0.627. The predicted molar refractivity (Wildman–Crippen MR) is 168 cm³/mol. The Morgan fingerprint density at radius 1 is 0.881 bits per heavy atom. The zero-order valence-corrected chi connectivity index (χ0v) is 26.4. The molecule has 4 N–H and O–H groups in total. The number of fused-ring (bicyclic) bond motifs is 1. The number of hydrogen-bond acceptors (Lipinski definition) is 9. The Balaban J connectivity index is 1.70. The van der Waals surface area contributed by atoms with E-state index < -0.39 is 12.0 Å². The third kappa shape index (κ3) is 13.9. The molecule has 0 fully saturated rings. The van der Waals surface area contributed by atoms with Crippen molar-refractivity contribution in [2.45, 2.75) is 136 Å². The van der Waals surface area contributed by atoms with Crippen molar-refractivity contribution in [3.63, 3.8) is 0 Å². The third-order valence-corrected chi connectivity index (χ3v) is 8.11. The number of hydrogen-bond donors (Lipinski definition) is 2.